The van der Waals surface area contributed by atoms with Crippen LogP contribution in [0.3, 0.4) is 0 Å². The molecule has 0 bridgehead atoms. The third-order valence-corrected chi connectivity index (χ3v) is 6.25. The van der Waals surface area contributed by atoms with Crippen LogP contribution in [0.2, 0.25) is 0 Å². The fourth-order valence-electron chi connectivity index (χ4n) is 4.17. The van der Waals surface area contributed by atoms with Crippen molar-refractivity contribution in [2.45, 2.75) is 26.9 Å². The molecule has 0 aliphatic rings. The van der Waals surface area contributed by atoms with Crippen LogP contribution in [0.4, 0.5) is 42.0 Å². The van der Waals surface area contributed by atoms with E-state index in [1.165, 1.54) is 18.5 Å². The lowest BCUT2D eigenvalue weighted by Crippen LogP contribution is -2.18. The molecule has 3 heterocycles. The van der Waals surface area contributed by atoms with E-state index in [2.05, 4.69) is 35.9 Å². The Hall–Kier alpha value is -5.26. The third kappa shape index (κ3) is 6.16. The summed E-state index contributed by atoms with van der Waals surface area (Å²) >= 11 is 0. The summed E-state index contributed by atoms with van der Waals surface area (Å²) in [6, 6.07) is 15.2. The molecular formula is C29H25F3N8O. The number of aryl methyl sites for hydroxylation is 3. The number of anilines is 5. The molecule has 12 heteroatoms. The number of hydrogen-bond acceptors (Lipinski definition) is 7. The number of carbonyl (C=O) groups is 1. The van der Waals surface area contributed by atoms with E-state index >= 15 is 0 Å². The molecule has 5 aromatic rings. The predicted molar refractivity (Wildman–Crippen MR) is 150 cm³/mol. The van der Waals surface area contributed by atoms with Crippen LogP contribution in [0.25, 0.3) is 5.82 Å². The zero-order chi connectivity index (χ0) is 29.1. The Morgan fingerprint density at radius 2 is 1.68 bits per heavy atom. The van der Waals surface area contributed by atoms with Crippen molar-refractivity contribution in [3.63, 3.8) is 0 Å². The van der Waals surface area contributed by atoms with E-state index in [1.54, 1.807) is 41.2 Å². The van der Waals surface area contributed by atoms with Crippen molar-refractivity contribution in [3.05, 3.63) is 107 Å². The van der Waals surface area contributed by atoms with Crippen molar-refractivity contribution in [1.29, 1.82) is 0 Å². The highest BCUT2D eigenvalue weighted by Crippen LogP contribution is 2.32. The van der Waals surface area contributed by atoms with Gasteiger partial charge in [0.15, 0.2) is 0 Å². The third-order valence-electron chi connectivity index (χ3n) is 6.25. The largest absolute Gasteiger partial charge is 0.417 e. The number of hydrogen-bond donors (Lipinski definition) is 3. The number of nitrogens with one attached hydrogen (secondary N) is 3. The molecule has 0 fully saturated rings. The molecule has 1 amide bonds. The first-order chi connectivity index (χ1) is 19.6. The number of imidazole rings is 1. The number of benzene rings is 2. The minimum absolute atomic E-state index is 0.314. The van der Waals surface area contributed by atoms with Gasteiger partial charge in [-0.15, -0.1) is 0 Å². The summed E-state index contributed by atoms with van der Waals surface area (Å²) in [4.78, 5) is 30.3. The highest BCUT2D eigenvalue weighted by atomic mass is 19.4. The number of pyridine rings is 1. The highest BCUT2D eigenvalue weighted by Gasteiger charge is 2.34. The van der Waals surface area contributed by atoms with Gasteiger partial charge in [-0.2, -0.15) is 13.2 Å². The molecule has 3 aromatic heterocycles. The van der Waals surface area contributed by atoms with Crippen LogP contribution in [0, 0.1) is 20.8 Å². The number of nitrogens with zero attached hydrogens (tertiary/aromatic N) is 5. The minimum atomic E-state index is -4.66. The number of rotatable bonds is 7. The Labute approximate surface area is 233 Å². The van der Waals surface area contributed by atoms with Gasteiger partial charge >= 0.3 is 6.18 Å². The molecule has 0 spiro atoms. The first kappa shape index (κ1) is 27.3. The smallest absolute Gasteiger partial charge is 0.339 e. The molecule has 0 unspecified atom stereocenters. The van der Waals surface area contributed by atoms with Crippen LogP contribution in [-0.2, 0) is 6.18 Å². The van der Waals surface area contributed by atoms with Gasteiger partial charge in [0.25, 0.3) is 5.91 Å². The lowest BCUT2D eigenvalue weighted by Gasteiger charge is -2.15. The van der Waals surface area contributed by atoms with Crippen molar-refractivity contribution in [1.82, 2.24) is 24.5 Å². The summed E-state index contributed by atoms with van der Waals surface area (Å²) in [7, 11) is 0. The number of alkyl halides is 3. The lowest BCUT2D eigenvalue weighted by atomic mass is 10.1. The highest BCUT2D eigenvalue weighted by molar-refractivity contribution is 6.05. The maximum absolute atomic E-state index is 13.4. The molecule has 41 heavy (non-hydrogen) atoms. The van der Waals surface area contributed by atoms with E-state index < -0.39 is 23.2 Å². The summed E-state index contributed by atoms with van der Waals surface area (Å²) < 4.78 is 41.9. The average Bonchev–Trinajstić information content (AvgIpc) is 3.40. The van der Waals surface area contributed by atoms with Crippen LogP contribution in [0.5, 0.6) is 0 Å². The topological polar surface area (TPSA) is 110 Å². The predicted octanol–water partition coefficient (Wildman–Crippen LogP) is 6.74. The number of carbonyl (C=O) groups excluding carboxylic acids is 1. The fraction of sp³-hybridized carbons (Fsp3) is 0.138. The molecule has 0 atom stereocenters. The Morgan fingerprint density at radius 1 is 0.878 bits per heavy atom. The molecule has 0 aliphatic carbocycles. The van der Waals surface area contributed by atoms with Crippen molar-refractivity contribution >= 4 is 34.7 Å². The zero-order valence-corrected chi connectivity index (χ0v) is 22.3. The van der Waals surface area contributed by atoms with Crippen molar-refractivity contribution < 1.29 is 18.0 Å². The zero-order valence-electron chi connectivity index (χ0n) is 22.3. The maximum Gasteiger partial charge on any atom is 0.417 e. The van der Waals surface area contributed by atoms with E-state index in [1.807, 2.05) is 32.9 Å². The van der Waals surface area contributed by atoms with Gasteiger partial charge < -0.3 is 16.0 Å². The number of halogens is 3. The SMILES string of the molecule is Cc1ccc(Nc2cc(-n3ccnc3Nc3cc(NC(=O)c4ccccc4C(F)(F)F)ccc3C)ncn2)c(C)n1. The standard InChI is InChI=1S/C29H25F3N8O/c1-17-8-10-20(37-27(41)21-6-4-5-7-22(21)29(30,31)32)14-24(17)39-28-33-12-13-40(28)26-15-25(34-16-35-26)38-23-11-9-18(2)36-19(23)3/h4-16H,1-3H3,(H,33,39)(H,37,41)(H,34,35,38). The summed E-state index contributed by atoms with van der Waals surface area (Å²) in [5.41, 5.74) is 2.82. The molecule has 5 rings (SSSR count). The van der Waals surface area contributed by atoms with Gasteiger partial charge in [-0.25, -0.2) is 15.0 Å². The maximum atomic E-state index is 13.4. The molecule has 0 saturated heterocycles. The normalized spacial score (nSPS) is 11.3. The van der Waals surface area contributed by atoms with Gasteiger partial charge in [0.1, 0.15) is 18.0 Å². The summed E-state index contributed by atoms with van der Waals surface area (Å²) in [6.07, 6.45) is 0.0958. The second-order valence-corrected chi connectivity index (χ2v) is 9.25. The van der Waals surface area contributed by atoms with Gasteiger partial charge in [0, 0.05) is 35.5 Å². The second kappa shape index (κ2) is 11.1. The van der Waals surface area contributed by atoms with E-state index in [9.17, 15) is 18.0 Å². The van der Waals surface area contributed by atoms with Crippen molar-refractivity contribution in [2.24, 2.45) is 0 Å². The van der Waals surface area contributed by atoms with Crippen LogP contribution in [0.1, 0.15) is 32.9 Å². The summed E-state index contributed by atoms with van der Waals surface area (Å²) in [6.45, 7) is 5.68. The number of amides is 1. The molecule has 0 aliphatic heterocycles. The molecule has 208 valence electrons. The van der Waals surface area contributed by atoms with Crippen LogP contribution in [-0.4, -0.2) is 30.4 Å². The van der Waals surface area contributed by atoms with Crippen LogP contribution >= 0.6 is 0 Å². The lowest BCUT2D eigenvalue weighted by molar-refractivity contribution is -0.137. The van der Waals surface area contributed by atoms with E-state index in [-0.39, 0.29) is 0 Å². The molecular weight excluding hydrogens is 533 g/mol. The molecule has 9 nitrogen and oxygen atoms in total. The van der Waals surface area contributed by atoms with Gasteiger partial charge in [-0.05, 0) is 62.7 Å². The van der Waals surface area contributed by atoms with E-state index in [0.29, 0.717) is 29.0 Å². The molecule has 0 radical (unpaired) electrons. The monoisotopic (exact) mass is 558 g/mol. The minimum Gasteiger partial charge on any atom is -0.339 e. The average molecular weight is 559 g/mol. The molecule has 2 aromatic carbocycles. The number of aromatic nitrogens is 5. The molecule has 3 N–H and O–H groups in total. The van der Waals surface area contributed by atoms with Gasteiger partial charge in [0.2, 0.25) is 5.95 Å². The van der Waals surface area contributed by atoms with Gasteiger partial charge in [-0.3, -0.25) is 14.3 Å². The summed E-state index contributed by atoms with van der Waals surface area (Å²) in [5.74, 6) is 0.653. The Bertz CT molecular complexity index is 1730. The van der Waals surface area contributed by atoms with Crippen LogP contribution in [0.15, 0.2) is 79.4 Å². The Kier molecular flexibility index (Phi) is 7.38. The Morgan fingerprint density at radius 3 is 2.46 bits per heavy atom. The second-order valence-electron chi connectivity index (χ2n) is 9.25. The Balaban J connectivity index is 1.37. The van der Waals surface area contributed by atoms with E-state index in [0.717, 1.165) is 34.8 Å². The fourth-order valence-corrected chi connectivity index (χ4v) is 4.17. The quantitative estimate of drug-likeness (QED) is 0.203. The van der Waals surface area contributed by atoms with Crippen molar-refractivity contribution in [3.8, 4) is 5.82 Å². The van der Waals surface area contributed by atoms with Gasteiger partial charge in [-0.1, -0.05) is 18.2 Å². The summed E-state index contributed by atoms with van der Waals surface area (Å²) in [5, 5.41) is 9.04. The first-order valence-electron chi connectivity index (χ1n) is 12.5. The van der Waals surface area contributed by atoms with Gasteiger partial charge in [0.05, 0.1) is 22.5 Å². The molecule has 0 saturated carbocycles. The first-order valence-corrected chi connectivity index (χ1v) is 12.5. The van der Waals surface area contributed by atoms with Crippen molar-refractivity contribution in [2.75, 3.05) is 16.0 Å². The van der Waals surface area contributed by atoms with Crippen LogP contribution < -0.4 is 16.0 Å². The van der Waals surface area contributed by atoms with E-state index in [4.69, 9.17) is 0 Å².